The third-order valence-electron chi connectivity index (χ3n) is 4.88. The lowest BCUT2D eigenvalue weighted by Crippen LogP contribution is -2.57. The van der Waals surface area contributed by atoms with Gasteiger partial charge in [0.2, 0.25) is 0 Å². The van der Waals surface area contributed by atoms with Gasteiger partial charge in [0, 0.05) is 21.7 Å². The molecule has 0 heterocycles. The topological polar surface area (TPSA) is 9.23 Å². The van der Waals surface area contributed by atoms with Gasteiger partial charge in [-0.15, -0.1) is 11.6 Å². The maximum absolute atomic E-state index is 6.56. The van der Waals surface area contributed by atoms with E-state index in [1.807, 2.05) is 18.2 Å². The molecule has 0 aliphatic heterocycles. The van der Waals surface area contributed by atoms with Crippen LogP contribution in [0.3, 0.4) is 0 Å². The number of alkyl halides is 1. The Morgan fingerprint density at radius 1 is 1.15 bits per heavy atom. The summed E-state index contributed by atoms with van der Waals surface area (Å²) in [6, 6.07) is 5.80. The van der Waals surface area contributed by atoms with E-state index in [9.17, 15) is 0 Å². The number of benzene rings is 1. The Morgan fingerprint density at radius 3 is 2.45 bits per heavy atom. The molecule has 110 valence electrons. The molecule has 3 rings (SSSR count). The molecule has 0 radical (unpaired) electrons. The van der Waals surface area contributed by atoms with Crippen molar-refractivity contribution in [2.24, 2.45) is 5.41 Å². The Balaban J connectivity index is 1.76. The lowest BCUT2D eigenvalue weighted by Gasteiger charge is -2.53. The molecule has 1 spiro atoms. The lowest BCUT2D eigenvalue weighted by atomic mass is 9.61. The Hall–Kier alpha value is 0.0800. The van der Waals surface area contributed by atoms with Crippen molar-refractivity contribution in [3.63, 3.8) is 0 Å². The van der Waals surface area contributed by atoms with Crippen LogP contribution in [0, 0.1) is 5.41 Å². The number of rotatable bonds is 2. The van der Waals surface area contributed by atoms with Crippen molar-refractivity contribution in [3.8, 4) is 5.75 Å². The Bertz CT molecular complexity index is 483. The van der Waals surface area contributed by atoms with Crippen LogP contribution in [0.2, 0.25) is 5.02 Å². The quantitative estimate of drug-likeness (QED) is 0.557. The van der Waals surface area contributed by atoms with Gasteiger partial charge in [0.15, 0.2) is 0 Å². The zero-order chi connectivity index (χ0) is 14.2. The summed E-state index contributed by atoms with van der Waals surface area (Å²) in [6.07, 6.45) is 8.76. The van der Waals surface area contributed by atoms with Crippen LogP contribution in [0.4, 0.5) is 0 Å². The van der Waals surface area contributed by atoms with E-state index in [1.54, 1.807) is 0 Å². The van der Waals surface area contributed by atoms with Gasteiger partial charge in [-0.2, -0.15) is 0 Å². The largest absolute Gasteiger partial charge is 0.488 e. The van der Waals surface area contributed by atoms with E-state index in [2.05, 4.69) is 15.9 Å². The summed E-state index contributed by atoms with van der Waals surface area (Å²) in [7, 11) is 0. The van der Waals surface area contributed by atoms with Gasteiger partial charge in [0.25, 0.3) is 0 Å². The maximum atomic E-state index is 6.56. The molecule has 1 nitrogen and oxygen atoms in total. The van der Waals surface area contributed by atoms with Crippen molar-refractivity contribution in [3.05, 3.63) is 27.7 Å². The number of hydrogen-bond donors (Lipinski definition) is 0. The Kier molecular flexibility index (Phi) is 4.54. The van der Waals surface area contributed by atoms with Gasteiger partial charge in [-0.1, -0.05) is 53.2 Å². The molecule has 0 aromatic heterocycles. The van der Waals surface area contributed by atoms with E-state index in [4.69, 9.17) is 27.9 Å². The minimum absolute atomic E-state index is 0.175. The third-order valence-corrected chi connectivity index (χ3v) is 6.29. The van der Waals surface area contributed by atoms with E-state index in [1.165, 1.54) is 38.5 Å². The van der Waals surface area contributed by atoms with E-state index in [0.717, 1.165) is 16.6 Å². The molecule has 2 aliphatic rings. The molecule has 0 saturated heterocycles. The highest BCUT2D eigenvalue weighted by Gasteiger charge is 2.55. The van der Waals surface area contributed by atoms with Crippen LogP contribution in [0.1, 0.15) is 44.9 Å². The number of halogens is 3. The van der Waals surface area contributed by atoms with Gasteiger partial charge in [0.1, 0.15) is 11.9 Å². The molecule has 1 aromatic rings. The van der Waals surface area contributed by atoms with Crippen molar-refractivity contribution in [2.45, 2.75) is 56.4 Å². The Labute approximate surface area is 139 Å². The minimum atomic E-state index is 0.175. The predicted octanol–water partition coefficient (Wildman–Crippen LogP) is 6.20. The van der Waals surface area contributed by atoms with Crippen molar-refractivity contribution in [1.82, 2.24) is 0 Å². The average Bonchev–Trinajstić information content (AvgIpc) is 2.69. The maximum Gasteiger partial charge on any atom is 0.138 e. The zero-order valence-electron chi connectivity index (χ0n) is 11.4. The van der Waals surface area contributed by atoms with E-state index in [-0.39, 0.29) is 16.9 Å². The minimum Gasteiger partial charge on any atom is -0.488 e. The molecule has 2 saturated carbocycles. The highest BCUT2D eigenvalue weighted by molar-refractivity contribution is 9.10. The van der Waals surface area contributed by atoms with Crippen LogP contribution < -0.4 is 4.74 Å². The van der Waals surface area contributed by atoms with E-state index in [0.29, 0.717) is 5.02 Å². The summed E-state index contributed by atoms with van der Waals surface area (Å²) in [5.74, 6) is 0.784. The molecule has 0 amide bonds. The molecule has 2 fully saturated rings. The second kappa shape index (κ2) is 6.06. The Morgan fingerprint density at radius 2 is 1.85 bits per heavy atom. The molecule has 0 N–H and O–H groups in total. The fourth-order valence-electron chi connectivity index (χ4n) is 3.61. The first-order valence-corrected chi connectivity index (χ1v) is 8.98. The van der Waals surface area contributed by atoms with Gasteiger partial charge in [-0.3, -0.25) is 0 Å². The first-order valence-electron chi connectivity index (χ1n) is 7.37. The lowest BCUT2D eigenvalue weighted by molar-refractivity contribution is -0.0512. The van der Waals surface area contributed by atoms with Gasteiger partial charge in [-0.05, 0) is 31.0 Å². The van der Waals surface area contributed by atoms with Crippen LogP contribution in [-0.2, 0) is 0 Å². The molecule has 2 aliphatic carbocycles. The van der Waals surface area contributed by atoms with Gasteiger partial charge < -0.3 is 4.74 Å². The van der Waals surface area contributed by atoms with Crippen LogP contribution in [0.15, 0.2) is 22.7 Å². The highest BCUT2D eigenvalue weighted by Crippen LogP contribution is 2.55. The third kappa shape index (κ3) is 2.71. The summed E-state index contributed by atoms with van der Waals surface area (Å²) in [4.78, 5) is 0. The van der Waals surface area contributed by atoms with Gasteiger partial charge >= 0.3 is 0 Å². The first kappa shape index (κ1) is 15.0. The van der Waals surface area contributed by atoms with Crippen molar-refractivity contribution in [1.29, 1.82) is 0 Å². The smallest absolute Gasteiger partial charge is 0.138 e. The van der Waals surface area contributed by atoms with Gasteiger partial charge in [-0.25, -0.2) is 0 Å². The van der Waals surface area contributed by atoms with Crippen molar-refractivity contribution in [2.75, 3.05) is 0 Å². The molecule has 2 unspecified atom stereocenters. The molecular formula is C16H19BrCl2O. The van der Waals surface area contributed by atoms with E-state index < -0.39 is 0 Å². The normalized spacial score (nSPS) is 28.8. The fourth-order valence-corrected chi connectivity index (χ4v) is 4.85. The van der Waals surface area contributed by atoms with Crippen LogP contribution in [0.25, 0.3) is 0 Å². The molecule has 1 aromatic carbocycles. The second-order valence-corrected chi connectivity index (χ2v) is 7.88. The van der Waals surface area contributed by atoms with Crippen LogP contribution in [0.5, 0.6) is 5.75 Å². The summed E-state index contributed by atoms with van der Waals surface area (Å²) in [5, 5.41) is 0.931. The molecule has 0 bridgehead atoms. The van der Waals surface area contributed by atoms with Crippen LogP contribution in [-0.4, -0.2) is 11.5 Å². The van der Waals surface area contributed by atoms with Crippen molar-refractivity contribution >= 4 is 39.1 Å². The van der Waals surface area contributed by atoms with E-state index >= 15 is 0 Å². The fraction of sp³-hybridized carbons (Fsp3) is 0.625. The SMILES string of the molecule is Clc1cc(Br)ccc1OC1CC(Cl)C12CCCCCC2. The first-order chi connectivity index (χ1) is 9.62. The molecule has 2 atom stereocenters. The molecule has 4 heteroatoms. The predicted molar refractivity (Wildman–Crippen MR) is 88.0 cm³/mol. The van der Waals surface area contributed by atoms with Crippen molar-refractivity contribution < 1.29 is 4.74 Å². The zero-order valence-corrected chi connectivity index (χ0v) is 14.5. The summed E-state index contributed by atoms with van der Waals surface area (Å²) < 4.78 is 7.19. The average molecular weight is 378 g/mol. The molecular weight excluding hydrogens is 359 g/mol. The number of hydrogen-bond acceptors (Lipinski definition) is 1. The number of ether oxygens (including phenoxy) is 1. The second-order valence-electron chi connectivity index (χ2n) is 6.03. The summed E-state index contributed by atoms with van der Waals surface area (Å²) >= 11 is 16.2. The highest BCUT2D eigenvalue weighted by atomic mass is 79.9. The molecule has 20 heavy (non-hydrogen) atoms. The van der Waals surface area contributed by atoms with Gasteiger partial charge in [0.05, 0.1) is 5.02 Å². The standard InChI is InChI=1S/C16H19BrCl2O/c17-11-5-6-13(12(18)9-11)20-15-10-14(19)16(15)7-3-1-2-4-8-16/h5-6,9,14-15H,1-4,7-8,10H2. The monoisotopic (exact) mass is 376 g/mol. The van der Waals surface area contributed by atoms with Crippen LogP contribution >= 0.6 is 39.1 Å². The summed E-state index contributed by atoms with van der Waals surface area (Å²) in [5.41, 5.74) is 0.175. The summed E-state index contributed by atoms with van der Waals surface area (Å²) in [6.45, 7) is 0.